The zero-order chi connectivity index (χ0) is 12.1. The molecule has 2 rings (SSSR count). The Bertz CT molecular complexity index is 350. The first-order valence-corrected chi connectivity index (χ1v) is 6.31. The van der Waals surface area contributed by atoms with Gasteiger partial charge in [-0.25, -0.2) is 0 Å². The van der Waals surface area contributed by atoms with Crippen LogP contribution in [0.15, 0.2) is 18.2 Å². The summed E-state index contributed by atoms with van der Waals surface area (Å²) in [5.74, 6) is 5.61. The largest absolute Gasteiger partial charge is 0.378 e. The molecule has 4 heteroatoms. The fourth-order valence-corrected chi connectivity index (χ4v) is 2.30. The number of ether oxygens (including phenoxy) is 1. The van der Waals surface area contributed by atoms with E-state index in [1.807, 2.05) is 25.1 Å². The van der Waals surface area contributed by atoms with Crippen LogP contribution in [-0.2, 0) is 4.74 Å². The molecule has 1 fully saturated rings. The third kappa shape index (κ3) is 3.49. The molecular formula is C13H21N3O. The van der Waals surface area contributed by atoms with Crippen molar-refractivity contribution in [2.45, 2.75) is 44.8 Å². The Labute approximate surface area is 103 Å². The van der Waals surface area contributed by atoms with Crippen LogP contribution >= 0.6 is 0 Å². The van der Waals surface area contributed by atoms with Gasteiger partial charge in [-0.15, -0.1) is 0 Å². The van der Waals surface area contributed by atoms with Gasteiger partial charge in [-0.3, -0.25) is 16.3 Å². The van der Waals surface area contributed by atoms with Crippen molar-refractivity contribution in [1.82, 2.24) is 10.4 Å². The van der Waals surface area contributed by atoms with Crippen LogP contribution in [-0.4, -0.2) is 17.7 Å². The Balaban J connectivity index is 1.91. The number of aromatic nitrogens is 1. The lowest BCUT2D eigenvalue weighted by Crippen LogP contribution is -2.29. The SMILES string of the molecule is Cc1cccc(C(CCC2CCCO2)NN)n1. The van der Waals surface area contributed by atoms with Gasteiger partial charge in [0.25, 0.3) is 0 Å². The summed E-state index contributed by atoms with van der Waals surface area (Å²) in [6.07, 6.45) is 4.80. The van der Waals surface area contributed by atoms with Crippen molar-refractivity contribution in [1.29, 1.82) is 0 Å². The van der Waals surface area contributed by atoms with Crippen LogP contribution in [0.5, 0.6) is 0 Å². The van der Waals surface area contributed by atoms with E-state index >= 15 is 0 Å². The van der Waals surface area contributed by atoms with Gasteiger partial charge in [0.15, 0.2) is 0 Å². The summed E-state index contributed by atoms with van der Waals surface area (Å²) in [7, 11) is 0. The quantitative estimate of drug-likeness (QED) is 0.604. The fourth-order valence-electron chi connectivity index (χ4n) is 2.30. The lowest BCUT2D eigenvalue weighted by molar-refractivity contribution is 0.0995. The Morgan fingerprint density at radius 3 is 3.12 bits per heavy atom. The highest BCUT2D eigenvalue weighted by Crippen LogP contribution is 2.22. The van der Waals surface area contributed by atoms with Gasteiger partial charge in [0.05, 0.1) is 17.8 Å². The molecule has 17 heavy (non-hydrogen) atoms. The third-order valence-electron chi connectivity index (χ3n) is 3.27. The zero-order valence-electron chi connectivity index (χ0n) is 10.4. The van der Waals surface area contributed by atoms with Crippen LogP contribution in [0.25, 0.3) is 0 Å². The van der Waals surface area contributed by atoms with Crippen molar-refractivity contribution in [3.05, 3.63) is 29.6 Å². The van der Waals surface area contributed by atoms with Gasteiger partial charge >= 0.3 is 0 Å². The van der Waals surface area contributed by atoms with E-state index in [9.17, 15) is 0 Å². The Hall–Kier alpha value is -0.970. The number of nitrogens with two attached hydrogens (primary N) is 1. The summed E-state index contributed by atoms with van der Waals surface area (Å²) < 4.78 is 5.62. The maximum atomic E-state index is 5.62. The molecule has 2 atom stereocenters. The number of pyridine rings is 1. The van der Waals surface area contributed by atoms with Crippen LogP contribution in [0.3, 0.4) is 0 Å². The van der Waals surface area contributed by atoms with Crippen LogP contribution in [0.2, 0.25) is 0 Å². The maximum absolute atomic E-state index is 5.62. The van der Waals surface area contributed by atoms with Gasteiger partial charge in [-0.05, 0) is 44.7 Å². The molecule has 1 saturated heterocycles. The molecule has 0 amide bonds. The molecule has 1 aliphatic rings. The van der Waals surface area contributed by atoms with Crippen LogP contribution < -0.4 is 11.3 Å². The zero-order valence-corrected chi connectivity index (χ0v) is 10.4. The predicted molar refractivity (Wildman–Crippen MR) is 67.2 cm³/mol. The van der Waals surface area contributed by atoms with E-state index in [1.165, 1.54) is 12.8 Å². The average molecular weight is 235 g/mol. The Morgan fingerprint density at radius 2 is 2.47 bits per heavy atom. The van der Waals surface area contributed by atoms with Gasteiger partial charge in [0.2, 0.25) is 0 Å². The highest BCUT2D eigenvalue weighted by Gasteiger charge is 2.18. The number of nitrogens with zero attached hydrogens (tertiary/aromatic N) is 1. The number of rotatable bonds is 5. The summed E-state index contributed by atoms with van der Waals surface area (Å²) in [6.45, 7) is 2.91. The minimum atomic E-state index is 0.124. The summed E-state index contributed by atoms with van der Waals surface area (Å²) >= 11 is 0. The molecule has 0 bridgehead atoms. The third-order valence-corrected chi connectivity index (χ3v) is 3.27. The Kier molecular flexibility index (Phi) is 4.48. The molecule has 0 aromatic carbocycles. The van der Waals surface area contributed by atoms with E-state index in [1.54, 1.807) is 0 Å². The van der Waals surface area contributed by atoms with E-state index in [2.05, 4.69) is 10.4 Å². The van der Waals surface area contributed by atoms with Crippen molar-refractivity contribution in [3.8, 4) is 0 Å². The van der Waals surface area contributed by atoms with Crippen molar-refractivity contribution < 1.29 is 4.74 Å². The van der Waals surface area contributed by atoms with E-state index in [0.717, 1.165) is 30.8 Å². The maximum Gasteiger partial charge on any atom is 0.0633 e. The monoisotopic (exact) mass is 235 g/mol. The molecule has 2 unspecified atom stereocenters. The molecule has 1 aromatic heterocycles. The molecule has 3 N–H and O–H groups in total. The number of hydrogen-bond acceptors (Lipinski definition) is 4. The number of aryl methyl sites for hydroxylation is 1. The van der Waals surface area contributed by atoms with Gasteiger partial charge in [-0.2, -0.15) is 0 Å². The van der Waals surface area contributed by atoms with Crippen molar-refractivity contribution >= 4 is 0 Å². The molecular weight excluding hydrogens is 214 g/mol. The summed E-state index contributed by atoms with van der Waals surface area (Å²) in [5.41, 5.74) is 4.90. The fraction of sp³-hybridized carbons (Fsp3) is 0.615. The summed E-state index contributed by atoms with van der Waals surface area (Å²) in [5, 5.41) is 0. The molecule has 0 spiro atoms. The first kappa shape index (κ1) is 12.5. The highest BCUT2D eigenvalue weighted by molar-refractivity contribution is 5.13. The second-order valence-electron chi connectivity index (χ2n) is 4.64. The predicted octanol–water partition coefficient (Wildman–Crippen LogP) is 1.85. The van der Waals surface area contributed by atoms with Crippen LogP contribution in [0.4, 0.5) is 0 Å². The van der Waals surface area contributed by atoms with E-state index in [4.69, 9.17) is 10.6 Å². The number of nitrogens with one attached hydrogen (secondary N) is 1. The second kappa shape index (κ2) is 6.10. The first-order chi connectivity index (χ1) is 8.29. The van der Waals surface area contributed by atoms with E-state index < -0.39 is 0 Å². The van der Waals surface area contributed by atoms with Crippen LogP contribution in [0, 0.1) is 6.92 Å². The van der Waals surface area contributed by atoms with Crippen LogP contribution in [0.1, 0.15) is 43.1 Å². The van der Waals surface area contributed by atoms with E-state index in [0.29, 0.717) is 6.10 Å². The minimum absolute atomic E-state index is 0.124. The molecule has 4 nitrogen and oxygen atoms in total. The van der Waals surface area contributed by atoms with Crippen molar-refractivity contribution in [2.24, 2.45) is 5.84 Å². The van der Waals surface area contributed by atoms with E-state index in [-0.39, 0.29) is 6.04 Å². The molecule has 0 saturated carbocycles. The Morgan fingerprint density at radius 1 is 1.59 bits per heavy atom. The molecule has 94 valence electrons. The lowest BCUT2D eigenvalue weighted by Gasteiger charge is -2.17. The van der Waals surface area contributed by atoms with Gasteiger partial charge in [0, 0.05) is 12.3 Å². The molecule has 2 heterocycles. The van der Waals surface area contributed by atoms with Gasteiger partial charge in [-0.1, -0.05) is 6.07 Å². The van der Waals surface area contributed by atoms with Gasteiger partial charge in [0.1, 0.15) is 0 Å². The smallest absolute Gasteiger partial charge is 0.0633 e. The molecule has 1 aromatic rings. The molecule has 0 radical (unpaired) electrons. The standard InChI is InChI=1S/C13H21N3O/c1-10-4-2-6-12(15-10)13(16-14)8-7-11-5-3-9-17-11/h2,4,6,11,13,16H,3,5,7-9,14H2,1H3. The topological polar surface area (TPSA) is 60.2 Å². The highest BCUT2D eigenvalue weighted by atomic mass is 16.5. The van der Waals surface area contributed by atoms with Gasteiger partial charge < -0.3 is 4.74 Å². The number of hydrogen-bond donors (Lipinski definition) is 2. The molecule has 0 aliphatic carbocycles. The minimum Gasteiger partial charge on any atom is -0.378 e. The average Bonchev–Trinajstić information content (AvgIpc) is 2.83. The normalized spacial score (nSPS) is 21.6. The summed E-state index contributed by atoms with van der Waals surface area (Å²) in [6, 6.07) is 6.16. The first-order valence-electron chi connectivity index (χ1n) is 6.31. The summed E-state index contributed by atoms with van der Waals surface area (Å²) in [4.78, 5) is 4.51. The molecule has 1 aliphatic heterocycles. The lowest BCUT2D eigenvalue weighted by atomic mass is 10.0. The second-order valence-corrected chi connectivity index (χ2v) is 4.64. The van der Waals surface area contributed by atoms with Crippen molar-refractivity contribution in [3.63, 3.8) is 0 Å². The van der Waals surface area contributed by atoms with Crippen molar-refractivity contribution in [2.75, 3.05) is 6.61 Å². The number of hydrazine groups is 1.